The first-order valence-electron chi connectivity index (χ1n) is 7.44. The molecule has 0 saturated heterocycles. The van der Waals surface area contributed by atoms with Crippen molar-refractivity contribution in [2.75, 3.05) is 39.0 Å². The number of hydrogen-bond donors (Lipinski definition) is 1. The van der Waals surface area contributed by atoms with Crippen molar-refractivity contribution >= 4 is 29.1 Å². The van der Waals surface area contributed by atoms with Crippen molar-refractivity contribution in [1.82, 2.24) is 9.80 Å². The summed E-state index contributed by atoms with van der Waals surface area (Å²) in [5.41, 5.74) is 0.434. The molecule has 2 amide bonds. The highest BCUT2D eigenvalue weighted by Crippen LogP contribution is 2.19. The van der Waals surface area contributed by atoms with Gasteiger partial charge in [0.1, 0.15) is 5.82 Å². The van der Waals surface area contributed by atoms with Crippen molar-refractivity contribution in [3.8, 4) is 0 Å². The number of nitrogens with zero attached hydrogens (tertiary/aromatic N) is 2. The molecule has 0 atom stereocenters. The summed E-state index contributed by atoms with van der Waals surface area (Å²) in [4.78, 5) is 27.2. The molecule has 0 fully saturated rings. The lowest BCUT2D eigenvalue weighted by atomic mass is 10.2. The zero-order valence-corrected chi connectivity index (χ0v) is 14.5. The van der Waals surface area contributed by atoms with Crippen LogP contribution in [0.4, 0.5) is 10.1 Å². The third-order valence-corrected chi connectivity index (χ3v) is 3.58. The molecule has 1 rings (SSSR count). The van der Waals surface area contributed by atoms with Gasteiger partial charge in [0.15, 0.2) is 0 Å². The van der Waals surface area contributed by atoms with E-state index in [4.69, 9.17) is 11.6 Å². The van der Waals surface area contributed by atoms with E-state index in [-0.39, 0.29) is 23.3 Å². The zero-order chi connectivity index (χ0) is 17.4. The number of hydrogen-bond acceptors (Lipinski definition) is 3. The lowest BCUT2D eigenvalue weighted by molar-refractivity contribution is -0.129. The Morgan fingerprint density at radius 1 is 1.22 bits per heavy atom. The standard InChI is InChI=1S/C16H23ClFN3O2/c1-12(22)21(9-4-8-20(2)3)10-7-16(23)19-13-5-6-15(18)14(17)11-13/h5-6,11H,4,7-10H2,1-3H3,(H,19,23). The predicted molar refractivity (Wildman–Crippen MR) is 90.1 cm³/mol. The summed E-state index contributed by atoms with van der Waals surface area (Å²) in [5, 5.41) is 2.60. The number of carbonyl (C=O) groups excluding carboxylic acids is 2. The molecule has 0 unspecified atom stereocenters. The second-order valence-electron chi connectivity index (χ2n) is 5.59. The smallest absolute Gasteiger partial charge is 0.226 e. The molecule has 5 nitrogen and oxygen atoms in total. The summed E-state index contributed by atoms with van der Waals surface area (Å²) < 4.78 is 13.1. The van der Waals surface area contributed by atoms with Crippen molar-refractivity contribution in [2.45, 2.75) is 19.8 Å². The number of halogens is 2. The Labute approximate surface area is 141 Å². The number of carbonyl (C=O) groups is 2. The fourth-order valence-electron chi connectivity index (χ4n) is 2.04. The van der Waals surface area contributed by atoms with Gasteiger partial charge in [-0.3, -0.25) is 9.59 Å². The monoisotopic (exact) mass is 343 g/mol. The van der Waals surface area contributed by atoms with E-state index in [1.54, 1.807) is 4.90 Å². The van der Waals surface area contributed by atoms with Crippen LogP contribution in [-0.4, -0.2) is 55.3 Å². The maximum absolute atomic E-state index is 13.1. The van der Waals surface area contributed by atoms with Gasteiger partial charge in [0, 0.05) is 32.1 Å². The molecule has 0 spiro atoms. The van der Waals surface area contributed by atoms with E-state index in [1.165, 1.54) is 25.1 Å². The number of amides is 2. The zero-order valence-electron chi connectivity index (χ0n) is 13.7. The van der Waals surface area contributed by atoms with Crippen molar-refractivity contribution < 1.29 is 14.0 Å². The maximum atomic E-state index is 13.1. The average Bonchev–Trinajstić information content (AvgIpc) is 2.45. The number of benzene rings is 1. The number of nitrogens with one attached hydrogen (secondary N) is 1. The predicted octanol–water partition coefficient (Wildman–Crippen LogP) is 2.61. The summed E-state index contributed by atoms with van der Waals surface area (Å²) >= 11 is 5.67. The minimum Gasteiger partial charge on any atom is -0.342 e. The van der Waals surface area contributed by atoms with Gasteiger partial charge in [0.2, 0.25) is 11.8 Å². The second kappa shape index (κ2) is 9.47. The Balaban J connectivity index is 2.45. The molecule has 0 aliphatic rings. The normalized spacial score (nSPS) is 10.7. The highest BCUT2D eigenvalue weighted by atomic mass is 35.5. The summed E-state index contributed by atoms with van der Waals surface area (Å²) in [7, 11) is 3.94. The van der Waals surface area contributed by atoms with Gasteiger partial charge in [0.05, 0.1) is 5.02 Å². The molecule has 1 aromatic rings. The fourth-order valence-corrected chi connectivity index (χ4v) is 2.22. The lowest BCUT2D eigenvalue weighted by Gasteiger charge is -2.21. The second-order valence-corrected chi connectivity index (χ2v) is 6.00. The number of anilines is 1. The molecular formula is C16H23ClFN3O2. The van der Waals surface area contributed by atoms with Crippen LogP contribution in [0.5, 0.6) is 0 Å². The van der Waals surface area contributed by atoms with Crippen molar-refractivity contribution in [2.24, 2.45) is 0 Å². The highest BCUT2D eigenvalue weighted by Gasteiger charge is 2.12. The van der Waals surface area contributed by atoms with Crippen LogP contribution in [-0.2, 0) is 9.59 Å². The molecule has 0 aliphatic heterocycles. The number of rotatable bonds is 8. The molecule has 0 radical (unpaired) electrons. The maximum Gasteiger partial charge on any atom is 0.226 e. The Bertz CT molecular complexity index is 552. The molecule has 0 aromatic heterocycles. The fraction of sp³-hybridized carbons (Fsp3) is 0.500. The largest absolute Gasteiger partial charge is 0.342 e. The molecule has 23 heavy (non-hydrogen) atoms. The Morgan fingerprint density at radius 3 is 2.48 bits per heavy atom. The molecule has 0 aliphatic carbocycles. The van der Waals surface area contributed by atoms with Crippen LogP contribution in [0.3, 0.4) is 0 Å². The Kier molecular flexibility index (Phi) is 7.98. The van der Waals surface area contributed by atoms with Gasteiger partial charge in [-0.15, -0.1) is 0 Å². The topological polar surface area (TPSA) is 52.7 Å². The van der Waals surface area contributed by atoms with Gasteiger partial charge < -0.3 is 15.1 Å². The highest BCUT2D eigenvalue weighted by molar-refractivity contribution is 6.31. The third-order valence-electron chi connectivity index (χ3n) is 3.29. The third kappa shape index (κ3) is 7.43. The van der Waals surface area contributed by atoms with Gasteiger partial charge >= 0.3 is 0 Å². The van der Waals surface area contributed by atoms with E-state index in [0.29, 0.717) is 18.8 Å². The van der Waals surface area contributed by atoms with Crippen LogP contribution in [0.15, 0.2) is 18.2 Å². The van der Waals surface area contributed by atoms with Crippen LogP contribution in [0.25, 0.3) is 0 Å². The first kappa shape index (κ1) is 19.4. The first-order valence-corrected chi connectivity index (χ1v) is 7.82. The quantitative estimate of drug-likeness (QED) is 0.789. The van der Waals surface area contributed by atoms with E-state index in [9.17, 15) is 14.0 Å². The Hall–Kier alpha value is -1.66. The van der Waals surface area contributed by atoms with E-state index >= 15 is 0 Å². The van der Waals surface area contributed by atoms with Gasteiger partial charge in [-0.2, -0.15) is 0 Å². The van der Waals surface area contributed by atoms with Gasteiger partial charge in [-0.05, 0) is 45.3 Å². The molecule has 1 aromatic carbocycles. The minimum absolute atomic E-state index is 0.0446. The van der Waals surface area contributed by atoms with Crippen molar-refractivity contribution in [1.29, 1.82) is 0 Å². The summed E-state index contributed by atoms with van der Waals surface area (Å²) in [6, 6.07) is 3.99. The molecular weight excluding hydrogens is 321 g/mol. The average molecular weight is 344 g/mol. The molecule has 1 N–H and O–H groups in total. The van der Waals surface area contributed by atoms with Crippen LogP contribution >= 0.6 is 11.6 Å². The summed E-state index contributed by atoms with van der Waals surface area (Å²) in [5.74, 6) is -0.832. The van der Waals surface area contributed by atoms with Crippen LogP contribution in [0.2, 0.25) is 5.02 Å². The minimum atomic E-state index is -0.534. The summed E-state index contributed by atoms with van der Waals surface area (Å²) in [6.07, 6.45) is 1.03. The van der Waals surface area contributed by atoms with Gasteiger partial charge in [-0.25, -0.2) is 4.39 Å². The lowest BCUT2D eigenvalue weighted by Crippen LogP contribution is -2.34. The van der Waals surface area contributed by atoms with Gasteiger partial charge in [0.25, 0.3) is 0 Å². The summed E-state index contributed by atoms with van der Waals surface area (Å²) in [6.45, 7) is 3.34. The first-order chi connectivity index (χ1) is 10.8. The van der Waals surface area contributed by atoms with E-state index < -0.39 is 5.82 Å². The van der Waals surface area contributed by atoms with E-state index in [0.717, 1.165) is 13.0 Å². The van der Waals surface area contributed by atoms with Crippen LogP contribution in [0.1, 0.15) is 19.8 Å². The molecule has 128 valence electrons. The SMILES string of the molecule is CC(=O)N(CCCN(C)C)CCC(=O)Nc1ccc(F)c(Cl)c1. The molecule has 7 heteroatoms. The molecule has 0 bridgehead atoms. The van der Waals surface area contributed by atoms with Crippen LogP contribution in [0, 0.1) is 5.82 Å². The van der Waals surface area contributed by atoms with Crippen molar-refractivity contribution in [3.05, 3.63) is 29.0 Å². The van der Waals surface area contributed by atoms with Gasteiger partial charge in [-0.1, -0.05) is 11.6 Å². The van der Waals surface area contributed by atoms with Crippen molar-refractivity contribution in [3.63, 3.8) is 0 Å². The molecule has 0 saturated carbocycles. The van der Waals surface area contributed by atoms with E-state index in [1.807, 2.05) is 19.0 Å². The molecule has 0 heterocycles. The Morgan fingerprint density at radius 2 is 1.91 bits per heavy atom. The van der Waals surface area contributed by atoms with Crippen LogP contribution < -0.4 is 5.32 Å². The van der Waals surface area contributed by atoms with E-state index in [2.05, 4.69) is 5.32 Å².